The fraction of sp³-hybridized carbons (Fsp3) is 0.263. The highest BCUT2D eigenvalue weighted by Gasteiger charge is 2.34. The number of carbonyl (C=O) groups excluding carboxylic acids is 1. The molecule has 1 aliphatic heterocycles. The van der Waals surface area contributed by atoms with Crippen molar-refractivity contribution in [1.82, 2.24) is 15.0 Å². The van der Waals surface area contributed by atoms with Gasteiger partial charge in [-0.1, -0.05) is 6.92 Å². The van der Waals surface area contributed by atoms with Crippen LogP contribution in [0, 0.1) is 0 Å². The molecule has 0 spiro atoms. The maximum Gasteiger partial charge on any atom is 0.416 e. The van der Waals surface area contributed by atoms with Crippen LogP contribution in [-0.4, -0.2) is 32.7 Å². The normalized spacial score (nSPS) is 17.0. The molecule has 0 bridgehead atoms. The Morgan fingerprint density at radius 2 is 2.00 bits per heavy atom. The number of rotatable bonds is 2. The molecule has 0 aliphatic carbocycles. The second-order valence-corrected chi connectivity index (χ2v) is 8.80. The monoisotopic (exact) mass is 436 g/mol. The number of anilines is 1. The van der Waals surface area contributed by atoms with Crippen LogP contribution in [0.5, 0.6) is 0 Å². The summed E-state index contributed by atoms with van der Waals surface area (Å²) < 4.78 is 39.7. The first-order valence-electron chi connectivity index (χ1n) is 8.75. The van der Waals surface area contributed by atoms with Crippen molar-refractivity contribution in [3.63, 3.8) is 0 Å². The van der Waals surface area contributed by atoms with Gasteiger partial charge in [-0.2, -0.15) is 13.2 Å². The van der Waals surface area contributed by atoms with Crippen LogP contribution in [0.1, 0.15) is 29.4 Å². The number of aromatic nitrogens is 3. The standard InChI is InChI=1S/C19H15F3N4OS2/c1-11-5-8-26(14-9-12(19(20,21)22)3-4-15(14)29-11)18(27)13-10-28-17(25-13)16-23-6-2-7-24-16/h2-4,6-7,9-11H,5,8H2,1H3. The summed E-state index contributed by atoms with van der Waals surface area (Å²) in [5.41, 5.74) is -0.342. The smallest absolute Gasteiger partial charge is 0.306 e. The van der Waals surface area contributed by atoms with E-state index in [0.717, 1.165) is 12.1 Å². The Kier molecular flexibility index (Phi) is 5.30. The lowest BCUT2D eigenvalue weighted by molar-refractivity contribution is -0.137. The Morgan fingerprint density at radius 3 is 2.72 bits per heavy atom. The van der Waals surface area contributed by atoms with Crippen molar-refractivity contribution in [2.45, 2.75) is 29.7 Å². The van der Waals surface area contributed by atoms with Crippen LogP contribution >= 0.6 is 23.1 Å². The van der Waals surface area contributed by atoms with Crippen molar-refractivity contribution in [2.24, 2.45) is 0 Å². The highest BCUT2D eigenvalue weighted by Crippen LogP contribution is 2.41. The average Bonchev–Trinajstić information content (AvgIpc) is 3.12. The lowest BCUT2D eigenvalue weighted by atomic mass is 10.1. The molecule has 1 unspecified atom stereocenters. The highest BCUT2D eigenvalue weighted by atomic mass is 32.2. The summed E-state index contributed by atoms with van der Waals surface area (Å²) in [6.07, 6.45) is -0.670. The minimum Gasteiger partial charge on any atom is -0.306 e. The second-order valence-electron chi connectivity index (χ2n) is 6.46. The molecule has 1 aromatic carbocycles. The Labute approximate surface area is 173 Å². The van der Waals surface area contributed by atoms with Gasteiger partial charge < -0.3 is 4.90 Å². The Hall–Kier alpha value is -2.46. The molecular weight excluding hydrogens is 421 g/mol. The van der Waals surface area contributed by atoms with E-state index < -0.39 is 17.6 Å². The SMILES string of the molecule is CC1CCN(C(=O)c2csc(-c3ncccn3)n2)c2cc(C(F)(F)F)ccc2S1. The van der Waals surface area contributed by atoms with Crippen molar-refractivity contribution in [3.8, 4) is 10.8 Å². The van der Waals surface area contributed by atoms with Crippen LogP contribution in [0.15, 0.2) is 46.9 Å². The van der Waals surface area contributed by atoms with Gasteiger partial charge >= 0.3 is 6.18 Å². The number of amides is 1. The molecule has 0 fully saturated rings. The van der Waals surface area contributed by atoms with E-state index in [9.17, 15) is 18.0 Å². The number of benzene rings is 1. The molecule has 4 rings (SSSR count). The molecule has 1 atom stereocenters. The molecule has 0 saturated heterocycles. The van der Waals surface area contributed by atoms with E-state index in [1.54, 1.807) is 23.8 Å². The molecule has 1 amide bonds. The topological polar surface area (TPSA) is 59.0 Å². The van der Waals surface area contributed by atoms with E-state index in [2.05, 4.69) is 15.0 Å². The zero-order valence-electron chi connectivity index (χ0n) is 15.2. The first-order valence-corrected chi connectivity index (χ1v) is 10.5. The van der Waals surface area contributed by atoms with Gasteiger partial charge in [0.05, 0.1) is 11.3 Å². The van der Waals surface area contributed by atoms with Crippen LogP contribution in [0.3, 0.4) is 0 Å². The van der Waals surface area contributed by atoms with Crippen LogP contribution < -0.4 is 4.90 Å². The Morgan fingerprint density at radius 1 is 1.24 bits per heavy atom. The predicted molar refractivity (Wildman–Crippen MR) is 106 cm³/mol. The average molecular weight is 436 g/mol. The number of thioether (sulfide) groups is 1. The molecule has 1 aliphatic rings. The van der Waals surface area contributed by atoms with Gasteiger partial charge in [-0.25, -0.2) is 15.0 Å². The molecule has 5 nitrogen and oxygen atoms in total. The molecule has 3 aromatic rings. The number of thiazole rings is 1. The van der Waals surface area contributed by atoms with Gasteiger partial charge in [0, 0.05) is 34.5 Å². The van der Waals surface area contributed by atoms with Crippen molar-refractivity contribution in [2.75, 3.05) is 11.4 Å². The molecule has 29 heavy (non-hydrogen) atoms. The number of nitrogens with zero attached hydrogens (tertiary/aromatic N) is 4. The van der Waals surface area contributed by atoms with E-state index in [-0.39, 0.29) is 16.6 Å². The number of halogens is 3. The first-order chi connectivity index (χ1) is 13.8. The summed E-state index contributed by atoms with van der Waals surface area (Å²) in [6, 6.07) is 5.22. The largest absolute Gasteiger partial charge is 0.416 e. The van der Waals surface area contributed by atoms with Crippen LogP contribution in [0.4, 0.5) is 18.9 Å². The van der Waals surface area contributed by atoms with Gasteiger partial charge in [-0.3, -0.25) is 4.79 Å². The molecular formula is C19H15F3N4OS2. The van der Waals surface area contributed by atoms with E-state index in [0.29, 0.717) is 28.7 Å². The van der Waals surface area contributed by atoms with Gasteiger partial charge in [0.25, 0.3) is 5.91 Å². The molecule has 0 N–H and O–H groups in total. The van der Waals surface area contributed by atoms with Crippen LogP contribution in [-0.2, 0) is 6.18 Å². The van der Waals surface area contributed by atoms with Crippen LogP contribution in [0.2, 0.25) is 0 Å². The summed E-state index contributed by atoms with van der Waals surface area (Å²) in [4.78, 5) is 27.8. The lowest BCUT2D eigenvalue weighted by Gasteiger charge is -2.22. The quantitative estimate of drug-likeness (QED) is 0.556. The Bertz CT molecular complexity index is 1040. The van der Waals surface area contributed by atoms with Gasteiger partial charge in [0.2, 0.25) is 0 Å². The summed E-state index contributed by atoms with van der Waals surface area (Å²) in [7, 11) is 0. The van der Waals surface area contributed by atoms with Crippen molar-refractivity contribution >= 4 is 34.7 Å². The molecule has 10 heteroatoms. The van der Waals surface area contributed by atoms with Crippen molar-refractivity contribution in [1.29, 1.82) is 0 Å². The maximum absolute atomic E-state index is 13.2. The maximum atomic E-state index is 13.2. The van der Waals surface area contributed by atoms with E-state index in [4.69, 9.17) is 0 Å². The van der Waals surface area contributed by atoms with E-state index >= 15 is 0 Å². The van der Waals surface area contributed by atoms with Gasteiger partial charge in [-0.15, -0.1) is 23.1 Å². The third kappa shape index (κ3) is 4.13. The number of hydrogen-bond acceptors (Lipinski definition) is 6. The summed E-state index contributed by atoms with van der Waals surface area (Å²) in [5, 5.41) is 2.24. The zero-order valence-corrected chi connectivity index (χ0v) is 16.8. The number of carbonyl (C=O) groups is 1. The highest BCUT2D eigenvalue weighted by molar-refractivity contribution is 8.00. The first kappa shape index (κ1) is 19.8. The minimum absolute atomic E-state index is 0.167. The minimum atomic E-state index is -4.48. The van der Waals surface area contributed by atoms with Crippen LogP contribution in [0.25, 0.3) is 10.8 Å². The molecule has 150 valence electrons. The second kappa shape index (κ2) is 7.75. The third-order valence-corrected chi connectivity index (χ3v) is 6.47. The summed E-state index contributed by atoms with van der Waals surface area (Å²) >= 11 is 2.69. The zero-order chi connectivity index (χ0) is 20.6. The molecule has 0 radical (unpaired) electrons. The fourth-order valence-corrected chi connectivity index (χ4v) is 4.78. The van der Waals surface area contributed by atoms with Gasteiger partial charge in [-0.05, 0) is 30.7 Å². The molecule has 3 heterocycles. The Balaban J connectivity index is 1.71. The molecule has 0 saturated carbocycles. The predicted octanol–water partition coefficient (Wildman–Crippen LogP) is 5.15. The third-order valence-electron chi connectivity index (χ3n) is 4.39. The van der Waals surface area contributed by atoms with Gasteiger partial charge in [0.1, 0.15) is 5.69 Å². The van der Waals surface area contributed by atoms with Gasteiger partial charge in [0.15, 0.2) is 10.8 Å². The number of fused-ring (bicyclic) bond motifs is 1. The lowest BCUT2D eigenvalue weighted by Crippen LogP contribution is -2.32. The number of hydrogen-bond donors (Lipinski definition) is 0. The number of alkyl halides is 3. The van der Waals surface area contributed by atoms with E-state index in [1.807, 2.05) is 6.92 Å². The summed E-state index contributed by atoms with van der Waals surface area (Å²) in [5.74, 6) is -0.0324. The van der Waals surface area contributed by atoms with Crippen molar-refractivity contribution in [3.05, 3.63) is 53.3 Å². The van der Waals surface area contributed by atoms with Crippen molar-refractivity contribution < 1.29 is 18.0 Å². The van der Waals surface area contributed by atoms with E-state index in [1.165, 1.54) is 34.1 Å². The molecule has 2 aromatic heterocycles. The summed E-state index contributed by atoms with van der Waals surface area (Å²) in [6.45, 7) is 2.31. The fourth-order valence-electron chi connectivity index (χ4n) is 2.94.